The van der Waals surface area contributed by atoms with E-state index in [4.69, 9.17) is 0 Å². The molecule has 0 saturated carbocycles. The Morgan fingerprint density at radius 1 is 1.25 bits per heavy atom. The lowest BCUT2D eigenvalue weighted by atomic mass is 10.1. The number of piperazine rings is 1. The molecule has 1 heterocycles. The topological polar surface area (TPSA) is 15.3 Å². The molecule has 0 aromatic heterocycles. The monoisotopic (exact) mass is 220 g/mol. The zero-order valence-electron chi connectivity index (χ0n) is 9.38. The second-order valence-corrected chi connectivity index (χ2v) is 4.68. The normalized spacial score (nSPS) is 25.7. The SMILES string of the molecule is Fc1ccc2c(c1)C(N1CCNCC1)CC2. The van der Waals surface area contributed by atoms with Crippen molar-refractivity contribution in [3.63, 3.8) is 0 Å². The molecule has 1 fully saturated rings. The average Bonchev–Trinajstić information content (AvgIpc) is 2.73. The summed E-state index contributed by atoms with van der Waals surface area (Å²) in [6.45, 7) is 4.28. The summed E-state index contributed by atoms with van der Waals surface area (Å²) in [5, 5.41) is 3.36. The van der Waals surface area contributed by atoms with Crippen molar-refractivity contribution in [1.82, 2.24) is 10.2 Å². The van der Waals surface area contributed by atoms with E-state index in [1.54, 1.807) is 12.1 Å². The van der Waals surface area contributed by atoms with Gasteiger partial charge in [-0.1, -0.05) is 6.07 Å². The molecule has 1 atom stereocenters. The van der Waals surface area contributed by atoms with Crippen LogP contribution < -0.4 is 5.32 Å². The summed E-state index contributed by atoms with van der Waals surface area (Å²) in [7, 11) is 0. The fourth-order valence-electron chi connectivity index (χ4n) is 2.92. The van der Waals surface area contributed by atoms with Crippen molar-refractivity contribution in [3.8, 4) is 0 Å². The molecule has 1 aliphatic carbocycles. The van der Waals surface area contributed by atoms with Crippen LogP contribution in [-0.2, 0) is 6.42 Å². The van der Waals surface area contributed by atoms with E-state index in [0.717, 1.165) is 39.0 Å². The van der Waals surface area contributed by atoms with Crippen LogP contribution in [0.2, 0.25) is 0 Å². The van der Waals surface area contributed by atoms with Crippen LogP contribution in [0, 0.1) is 5.82 Å². The standard InChI is InChI=1S/C13H17FN2/c14-11-3-1-10-2-4-13(12(10)9-11)16-7-5-15-6-8-16/h1,3,9,13,15H,2,4-8H2. The molecule has 1 aromatic carbocycles. The lowest BCUT2D eigenvalue weighted by Gasteiger charge is -2.33. The minimum Gasteiger partial charge on any atom is -0.314 e. The van der Waals surface area contributed by atoms with Gasteiger partial charge >= 0.3 is 0 Å². The summed E-state index contributed by atoms with van der Waals surface area (Å²) in [5.41, 5.74) is 2.56. The number of rotatable bonds is 1. The van der Waals surface area contributed by atoms with Gasteiger partial charge in [0.2, 0.25) is 0 Å². The van der Waals surface area contributed by atoms with Crippen molar-refractivity contribution in [2.45, 2.75) is 18.9 Å². The van der Waals surface area contributed by atoms with E-state index in [1.165, 1.54) is 11.1 Å². The molecule has 3 heteroatoms. The third-order valence-corrected chi connectivity index (χ3v) is 3.75. The Morgan fingerprint density at radius 2 is 2.06 bits per heavy atom. The molecule has 0 spiro atoms. The van der Waals surface area contributed by atoms with Crippen LogP contribution >= 0.6 is 0 Å². The molecule has 0 radical (unpaired) electrons. The van der Waals surface area contributed by atoms with E-state index in [-0.39, 0.29) is 5.82 Å². The van der Waals surface area contributed by atoms with Crippen LogP contribution in [-0.4, -0.2) is 31.1 Å². The first-order valence-electron chi connectivity index (χ1n) is 6.08. The molecular formula is C13H17FN2. The summed E-state index contributed by atoms with van der Waals surface area (Å²) in [5.74, 6) is -0.0965. The molecule has 0 bridgehead atoms. The van der Waals surface area contributed by atoms with Crippen molar-refractivity contribution in [2.24, 2.45) is 0 Å². The van der Waals surface area contributed by atoms with Crippen LogP contribution in [0.15, 0.2) is 18.2 Å². The minimum atomic E-state index is -0.0965. The van der Waals surface area contributed by atoms with E-state index < -0.39 is 0 Å². The van der Waals surface area contributed by atoms with E-state index in [9.17, 15) is 4.39 Å². The summed E-state index contributed by atoms with van der Waals surface area (Å²) in [4.78, 5) is 2.49. The molecule has 1 unspecified atom stereocenters. The largest absolute Gasteiger partial charge is 0.314 e. The van der Waals surface area contributed by atoms with Gasteiger partial charge in [0.25, 0.3) is 0 Å². The Morgan fingerprint density at radius 3 is 2.88 bits per heavy atom. The number of aryl methyl sites for hydroxylation is 1. The van der Waals surface area contributed by atoms with E-state index in [1.807, 2.05) is 6.07 Å². The van der Waals surface area contributed by atoms with Gasteiger partial charge in [-0.25, -0.2) is 4.39 Å². The predicted molar refractivity (Wildman–Crippen MR) is 61.9 cm³/mol. The van der Waals surface area contributed by atoms with Crippen molar-refractivity contribution in [1.29, 1.82) is 0 Å². The lowest BCUT2D eigenvalue weighted by molar-refractivity contribution is 0.173. The third-order valence-electron chi connectivity index (χ3n) is 3.75. The Balaban J connectivity index is 1.86. The minimum absolute atomic E-state index is 0.0965. The van der Waals surface area contributed by atoms with Crippen molar-refractivity contribution >= 4 is 0 Å². The Bertz CT molecular complexity index is 386. The molecule has 3 rings (SSSR count). The van der Waals surface area contributed by atoms with Crippen LogP contribution in [0.1, 0.15) is 23.6 Å². The van der Waals surface area contributed by atoms with Gasteiger partial charge in [-0.3, -0.25) is 4.90 Å². The highest BCUT2D eigenvalue weighted by molar-refractivity contribution is 5.35. The molecule has 0 amide bonds. The van der Waals surface area contributed by atoms with Gasteiger partial charge in [0.15, 0.2) is 0 Å². The predicted octanol–water partition coefficient (Wildman–Crippen LogP) is 1.72. The van der Waals surface area contributed by atoms with Gasteiger partial charge in [-0.15, -0.1) is 0 Å². The molecule has 1 aromatic rings. The van der Waals surface area contributed by atoms with Crippen LogP contribution in [0.5, 0.6) is 0 Å². The number of hydrogen-bond donors (Lipinski definition) is 1. The molecule has 1 saturated heterocycles. The van der Waals surface area contributed by atoms with Crippen molar-refractivity contribution in [3.05, 3.63) is 35.1 Å². The van der Waals surface area contributed by atoms with E-state index in [0.29, 0.717) is 6.04 Å². The maximum Gasteiger partial charge on any atom is 0.123 e. The van der Waals surface area contributed by atoms with Gasteiger partial charge in [0.05, 0.1) is 0 Å². The summed E-state index contributed by atoms with van der Waals surface area (Å²) in [6, 6.07) is 5.72. The van der Waals surface area contributed by atoms with Crippen LogP contribution in [0.25, 0.3) is 0 Å². The quantitative estimate of drug-likeness (QED) is 0.775. The first kappa shape index (κ1) is 10.2. The first-order valence-corrected chi connectivity index (χ1v) is 6.08. The Hall–Kier alpha value is -0.930. The zero-order valence-corrected chi connectivity index (χ0v) is 9.38. The van der Waals surface area contributed by atoms with Crippen molar-refractivity contribution < 1.29 is 4.39 Å². The molecule has 86 valence electrons. The number of fused-ring (bicyclic) bond motifs is 1. The number of nitrogens with one attached hydrogen (secondary N) is 1. The van der Waals surface area contributed by atoms with E-state index in [2.05, 4.69) is 10.2 Å². The lowest BCUT2D eigenvalue weighted by Crippen LogP contribution is -2.44. The number of benzene rings is 1. The highest BCUT2D eigenvalue weighted by Gasteiger charge is 2.28. The van der Waals surface area contributed by atoms with Crippen LogP contribution in [0.4, 0.5) is 4.39 Å². The number of halogens is 1. The number of hydrogen-bond acceptors (Lipinski definition) is 2. The summed E-state index contributed by atoms with van der Waals surface area (Å²) >= 11 is 0. The second kappa shape index (κ2) is 4.15. The summed E-state index contributed by atoms with van der Waals surface area (Å²) in [6.07, 6.45) is 2.25. The Labute approximate surface area is 95.4 Å². The highest BCUT2D eigenvalue weighted by atomic mass is 19.1. The van der Waals surface area contributed by atoms with Gasteiger partial charge in [-0.2, -0.15) is 0 Å². The van der Waals surface area contributed by atoms with Crippen LogP contribution in [0.3, 0.4) is 0 Å². The average molecular weight is 220 g/mol. The molecular weight excluding hydrogens is 203 g/mol. The molecule has 16 heavy (non-hydrogen) atoms. The highest BCUT2D eigenvalue weighted by Crippen LogP contribution is 2.36. The number of nitrogens with zero attached hydrogens (tertiary/aromatic N) is 1. The van der Waals surface area contributed by atoms with Crippen molar-refractivity contribution in [2.75, 3.05) is 26.2 Å². The maximum absolute atomic E-state index is 13.3. The molecule has 1 aliphatic heterocycles. The van der Waals surface area contributed by atoms with Gasteiger partial charge < -0.3 is 5.32 Å². The fourth-order valence-corrected chi connectivity index (χ4v) is 2.92. The fraction of sp³-hybridized carbons (Fsp3) is 0.538. The summed E-state index contributed by atoms with van der Waals surface area (Å²) < 4.78 is 13.3. The van der Waals surface area contributed by atoms with Gasteiger partial charge in [0, 0.05) is 32.2 Å². The molecule has 2 aliphatic rings. The third kappa shape index (κ3) is 1.74. The second-order valence-electron chi connectivity index (χ2n) is 4.68. The Kier molecular flexibility index (Phi) is 2.65. The maximum atomic E-state index is 13.3. The zero-order chi connectivity index (χ0) is 11.0. The van der Waals surface area contributed by atoms with Gasteiger partial charge in [-0.05, 0) is 36.1 Å². The van der Waals surface area contributed by atoms with Gasteiger partial charge in [0.1, 0.15) is 5.82 Å². The van der Waals surface area contributed by atoms with E-state index >= 15 is 0 Å². The first-order chi connectivity index (χ1) is 7.84. The molecule has 2 nitrogen and oxygen atoms in total. The smallest absolute Gasteiger partial charge is 0.123 e. The molecule has 1 N–H and O–H groups in total.